The molecule has 1 rings (SSSR count). The number of benzene rings is 1. The lowest BCUT2D eigenvalue weighted by atomic mass is 10.2. The quantitative estimate of drug-likeness (QED) is 0.595. The normalized spacial score (nSPS) is 9.90. The molecule has 0 heterocycles. The highest BCUT2D eigenvalue weighted by Crippen LogP contribution is 1.98. The molecule has 1 aromatic carbocycles. The van der Waals surface area contributed by atoms with Gasteiger partial charge in [-0.25, -0.2) is 0 Å². The van der Waals surface area contributed by atoms with Gasteiger partial charge in [-0.3, -0.25) is 14.4 Å². The first-order chi connectivity index (χ1) is 10.1. The van der Waals surface area contributed by atoms with Gasteiger partial charge in [-0.1, -0.05) is 18.2 Å². The van der Waals surface area contributed by atoms with Gasteiger partial charge in [0, 0.05) is 31.5 Å². The molecule has 0 aromatic heterocycles. The number of amides is 2. The molecule has 6 heteroatoms. The van der Waals surface area contributed by atoms with E-state index in [0.29, 0.717) is 37.9 Å². The Balaban J connectivity index is 2.07. The van der Waals surface area contributed by atoms with Gasteiger partial charge in [0.1, 0.15) is 0 Å². The summed E-state index contributed by atoms with van der Waals surface area (Å²) in [5.74, 6) is -1.15. The topological polar surface area (TPSA) is 95.5 Å². The van der Waals surface area contributed by atoms with Crippen molar-refractivity contribution >= 4 is 17.8 Å². The van der Waals surface area contributed by atoms with Gasteiger partial charge in [-0.2, -0.15) is 0 Å². The molecule has 6 nitrogen and oxygen atoms in total. The predicted octanol–water partition coefficient (Wildman–Crippen LogP) is 1.18. The second-order valence-corrected chi connectivity index (χ2v) is 4.57. The summed E-state index contributed by atoms with van der Waals surface area (Å²) in [4.78, 5) is 33.4. The third kappa shape index (κ3) is 7.71. The minimum absolute atomic E-state index is 0.0490. The summed E-state index contributed by atoms with van der Waals surface area (Å²) in [6.45, 7) is 0.789. The number of carbonyl (C=O) groups excluding carboxylic acids is 2. The van der Waals surface area contributed by atoms with Crippen molar-refractivity contribution in [3.8, 4) is 0 Å². The van der Waals surface area contributed by atoms with E-state index in [1.807, 2.05) is 6.07 Å². The molecule has 0 fully saturated rings. The minimum atomic E-state index is -0.868. The number of carbonyl (C=O) groups is 3. The molecule has 114 valence electrons. The van der Waals surface area contributed by atoms with E-state index in [4.69, 9.17) is 5.11 Å². The van der Waals surface area contributed by atoms with Crippen molar-refractivity contribution in [3.05, 3.63) is 35.9 Å². The molecule has 0 atom stereocenters. The summed E-state index contributed by atoms with van der Waals surface area (Å²) in [6.07, 6.45) is 1.32. The molecule has 0 radical (unpaired) electrons. The lowest BCUT2D eigenvalue weighted by Gasteiger charge is -2.06. The lowest BCUT2D eigenvalue weighted by molar-refractivity contribution is -0.137. The third-order valence-corrected chi connectivity index (χ3v) is 2.79. The number of hydrogen-bond acceptors (Lipinski definition) is 3. The van der Waals surface area contributed by atoms with E-state index in [0.717, 1.165) is 0 Å². The fraction of sp³-hybridized carbons (Fsp3) is 0.400. The molecular formula is C15H20N2O4. The van der Waals surface area contributed by atoms with Crippen LogP contribution in [0.3, 0.4) is 0 Å². The number of carboxylic acid groups (broad SMARTS) is 1. The van der Waals surface area contributed by atoms with Crippen LogP contribution < -0.4 is 10.6 Å². The summed E-state index contributed by atoms with van der Waals surface area (Å²) in [6, 6.07) is 8.87. The Morgan fingerprint density at radius 1 is 0.905 bits per heavy atom. The van der Waals surface area contributed by atoms with Crippen LogP contribution in [-0.4, -0.2) is 36.0 Å². The van der Waals surface area contributed by atoms with Gasteiger partial charge in [0.2, 0.25) is 5.91 Å². The first-order valence-corrected chi connectivity index (χ1v) is 6.91. The molecule has 1 aromatic rings. The van der Waals surface area contributed by atoms with Gasteiger partial charge in [-0.05, 0) is 25.0 Å². The first-order valence-electron chi connectivity index (χ1n) is 6.91. The van der Waals surface area contributed by atoms with Crippen LogP contribution in [0.5, 0.6) is 0 Å². The van der Waals surface area contributed by atoms with Crippen molar-refractivity contribution < 1.29 is 19.5 Å². The van der Waals surface area contributed by atoms with Crippen LogP contribution in [0.25, 0.3) is 0 Å². The second-order valence-electron chi connectivity index (χ2n) is 4.57. The zero-order valence-corrected chi connectivity index (χ0v) is 11.8. The van der Waals surface area contributed by atoms with E-state index in [2.05, 4.69) is 10.6 Å². The Hall–Kier alpha value is -2.37. The van der Waals surface area contributed by atoms with Gasteiger partial charge in [0.25, 0.3) is 5.91 Å². The van der Waals surface area contributed by atoms with E-state index in [1.54, 1.807) is 24.3 Å². The second kappa shape index (κ2) is 9.52. The van der Waals surface area contributed by atoms with E-state index in [9.17, 15) is 14.4 Å². The molecule has 0 spiro atoms. The third-order valence-electron chi connectivity index (χ3n) is 2.79. The zero-order valence-electron chi connectivity index (χ0n) is 11.8. The van der Waals surface area contributed by atoms with Crippen LogP contribution in [0.15, 0.2) is 30.3 Å². The van der Waals surface area contributed by atoms with Crippen LogP contribution in [0.2, 0.25) is 0 Å². The van der Waals surface area contributed by atoms with Crippen molar-refractivity contribution in [2.24, 2.45) is 0 Å². The minimum Gasteiger partial charge on any atom is -0.481 e. The molecule has 21 heavy (non-hydrogen) atoms. The number of nitrogens with one attached hydrogen (secondary N) is 2. The van der Waals surface area contributed by atoms with Crippen molar-refractivity contribution in [1.29, 1.82) is 0 Å². The molecule has 0 unspecified atom stereocenters. The fourth-order valence-corrected chi connectivity index (χ4v) is 1.70. The summed E-state index contributed by atoms with van der Waals surface area (Å²) in [5, 5.41) is 13.8. The molecule has 3 N–H and O–H groups in total. The molecule has 0 aliphatic carbocycles. The van der Waals surface area contributed by atoms with Crippen LogP contribution in [0, 0.1) is 0 Å². The highest BCUT2D eigenvalue weighted by Gasteiger charge is 2.05. The van der Waals surface area contributed by atoms with Crippen molar-refractivity contribution in [2.45, 2.75) is 25.7 Å². The van der Waals surface area contributed by atoms with Gasteiger partial charge < -0.3 is 15.7 Å². The summed E-state index contributed by atoms with van der Waals surface area (Å²) in [7, 11) is 0. The largest absolute Gasteiger partial charge is 0.481 e. The summed E-state index contributed by atoms with van der Waals surface area (Å²) >= 11 is 0. The average molecular weight is 292 g/mol. The molecule has 0 saturated heterocycles. The number of rotatable bonds is 9. The average Bonchev–Trinajstić information content (AvgIpc) is 2.48. The number of hydrogen-bond donors (Lipinski definition) is 3. The predicted molar refractivity (Wildman–Crippen MR) is 77.9 cm³/mol. The molecule has 0 saturated carbocycles. The van der Waals surface area contributed by atoms with E-state index >= 15 is 0 Å². The monoisotopic (exact) mass is 292 g/mol. The molecule has 0 aliphatic heterocycles. The summed E-state index contributed by atoms with van der Waals surface area (Å²) < 4.78 is 0. The smallest absolute Gasteiger partial charge is 0.303 e. The fourth-order valence-electron chi connectivity index (χ4n) is 1.70. The standard InChI is InChI=1S/C15H20N2O4/c18-13(16-10-5-9-14(19)20)8-4-11-17-15(21)12-6-2-1-3-7-12/h1-3,6-7H,4-5,8-11H2,(H,16,18)(H,17,21)(H,19,20). The Morgan fingerprint density at radius 3 is 2.19 bits per heavy atom. The van der Waals surface area contributed by atoms with Crippen LogP contribution >= 0.6 is 0 Å². The number of carboxylic acids is 1. The first kappa shape index (κ1) is 16.7. The Kier molecular flexibility index (Phi) is 7.56. The molecule has 2 amide bonds. The molecule has 0 bridgehead atoms. The Morgan fingerprint density at radius 2 is 1.52 bits per heavy atom. The highest BCUT2D eigenvalue weighted by atomic mass is 16.4. The van der Waals surface area contributed by atoms with Crippen molar-refractivity contribution in [2.75, 3.05) is 13.1 Å². The molecular weight excluding hydrogens is 272 g/mol. The van der Waals surface area contributed by atoms with E-state index < -0.39 is 5.97 Å². The van der Waals surface area contributed by atoms with E-state index in [-0.39, 0.29) is 18.2 Å². The van der Waals surface area contributed by atoms with Crippen LogP contribution in [0.4, 0.5) is 0 Å². The maximum absolute atomic E-state index is 11.7. The van der Waals surface area contributed by atoms with Crippen molar-refractivity contribution in [3.63, 3.8) is 0 Å². The Bertz CT molecular complexity index is 474. The zero-order chi connectivity index (χ0) is 15.5. The maximum Gasteiger partial charge on any atom is 0.303 e. The van der Waals surface area contributed by atoms with Gasteiger partial charge in [0.15, 0.2) is 0 Å². The van der Waals surface area contributed by atoms with Gasteiger partial charge in [0.05, 0.1) is 0 Å². The Labute approximate surface area is 123 Å². The SMILES string of the molecule is O=C(O)CCCNC(=O)CCCNC(=O)c1ccccc1. The van der Waals surface area contributed by atoms with Gasteiger partial charge >= 0.3 is 5.97 Å². The van der Waals surface area contributed by atoms with E-state index in [1.165, 1.54) is 0 Å². The van der Waals surface area contributed by atoms with Crippen molar-refractivity contribution in [1.82, 2.24) is 10.6 Å². The molecule has 0 aliphatic rings. The van der Waals surface area contributed by atoms with Gasteiger partial charge in [-0.15, -0.1) is 0 Å². The summed E-state index contributed by atoms with van der Waals surface area (Å²) in [5.41, 5.74) is 0.593. The maximum atomic E-state index is 11.7. The van der Waals surface area contributed by atoms with Crippen LogP contribution in [-0.2, 0) is 9.59 Å². The highest BCUT2D eigenvalue weighted by molar-refractivity contribution is 5.94. The van der Waals surface area contributed by atoms with Crippen LogP contribution in [0.1, 0.15) is 36.0 Å². The number of aliphatic carboxylic acids is 1. The lowest BCUT2D eigenvalue weighted by Crippen LogP contribution is -2.28.